The molecule has 1 aliphatic rings. The second kappa shape index (κ2) is 4.89. The van der Waals surface area contributed by atoms with Gasteiger partial charge in [-0.2, -0.15) is 0 Å². The van der Waals surface area contributed by atoms with Gasteiger partial charge in [-0.05, 0) is 18.1 Å². The first-order valence-corrected chi connectivity index (χ1v) is 4.80. The molecule has 0 spiro atoms. The van der Waals surface area contributed by atoms with E-state index in [9.17, 15) is 5.11 Å². The zero-order valence-electron chi connectivity index (χ0n) is 8.95. The fraction of sp³-hybridized carbons (Fsp3) is 0.800. The van der Waals surface area contributed by atoms with Crippen LogP contribution < -0.4 is 0 Å². The first kappa shape index (κ1) is 11.7. The van der Waals surface area contributed by atoms with Gasteiger partial charge in [0.15, 0.2) is 6.29 Å². The van der Waals surface area contributed by atoms with E-state index < -0.39 is 12.1 Å². The Labute approximate surface area is 84.5 Å². The number of aliphatic hydroxyl groups is 1. The molecule has 0 fully saturated rings. The van der Waals surface area contributed by atoms with Gasteiger partial charge in [0, 0.05) is 14.2 Å². The summed E-state index contributed by atoms with van der Waals surface area (Å²) in [6, 6.07) is 0. The molecule has 1 heterocycles. The van der Waals surface area contributed by atoms with Crippen LogP contribution in [0.4, 0.5) is 0 Å². The maximum absolute atomic E-state index is 9.28. The standard InChI is InChI=1S/C10H18O4/c1-4-5-8-6-9(12-2)14-10(8,7-11)13-3/h6,9,11H,4-5,7H2,1-3H3. The molecule has 1 rings (SSSR count). The van der Waals surface area contributed by atoms with Gasteiger partial charge >= 0.3 is 0 Å². The Morgan fingerprint density at radius 2 is 2.29 bits per heavy atom. The predicted octanol–water partition coefficient (Wildman–Crippen LogP) is 1.05. The van der Waals surface area contributed by atoms with Crippen LogP contribution in [0.3, 0.4) is 0 Å². The second-order valence-electron chi connectivity index (χ2n) is 3.28. The molecular weight excluding hydrogens is 184 g/mol. The van der Waals surface area contributed by atoms with E-state index in [4.69, 9.17) is 14.2 Å². The van der Waals surface area contributed by atoms with E-state index in [2.05, 4.69) is 6.92 Å². The highest BCUT2D eigenvalue weighted by Crippen LogP contribution is 2.34. The molecule has 82 valence electrons. The molecule has 1 N–H and O–H groups in total. The minimum atomic E-state index is -0.989. The Hall–Kier alpha value is -0.420. The molecule has 0 aliphatic carbocycles. The van der Waals surface area contributed by atoms with Crippen molar-refractivity contribution in [2.24, 2.45) is 0 Å². The fourth-order valence-electron chi connectivity index (χ4n) is 1.63. The highest BCUT2D eigenvalue weighted by atomic mass is 16.8. The highest BCUT2D eigenvalue weighted by molar-refractivity contribution is 5.19. The van der Waals surface area contributed by atoms with E-state index in [1.54, 1.807) is 7.11 Å². The molecule has 1 aliphatic heterocycles. The molecule has 14 heavy (non-hydrogen) atoms. The normalized spacial score (nSPS) is 32.0. The molecule has 2 unspecified atom stereocenters. The van der Waals surface area contributed by atoms with Crippen LogP contribution in [-0.4, -0.2) is 38.0 Å². The van der Waals surface area contributed by atoms with Crippen LogP contribution in [0.25, 0.3) is 0 Å². The van der Waals surface area contributed by atoms with Gasteiger partial charge in [-0.3, -0.25) is 0 Å². The molecule has 4 heteroatoms. The Balaban J connectivity index is 2.81. The van der Waals surface area contributed by atoms with Crippen molar-refractivity contribution in [3.05, 3.63) is 11.6 Å². The molecule has 0 saturated heterocycles. The molecule has 0 bridgehead atoms. The Morgan fingerprint density at radius 1 is 1.57 bits per heavy atom. The lowest BCUT2D eigenvalue weighted by atomic mass is 10.0. The molecule has 0 aromatic carbocycles. The number of rotatable bonds is 5. The smallest absolute Gasteiger partial charge is 0.217 e. The van der Waals surface area contributed by atoms with Crippen LogP contribution >= 0.6 is 0 Å². The number of ether oxygens (including phenoxy) is 3. The zero-order valence-corrected chi connectivity index (χ0v) is 8.95. The summed E-state index contributed by atoms with van der Waals surface area (Å²) in [6.45, 7) is 1.88. The van der Waals surface area contributed by atoms with Crippen LogP contribution in [0.15, 0.2) is 11.6 Å². The van der Waals surface area contributed by atoms with Gasteiger partial charge in [0.05, 0.1) is 0 Å². The van der Waals surface area contributed by atoms with Crippen LogP contribution in [0.1, 0.15) is 19.8 Å². The number of methoxy groups -OCH3 is 2. The van der Waals surface area contributed by atoms with Gasteiger partial charge in [0.25, 0.3) is 0 Å². The molecule has 2 atom stereocenters. The third-order valence-electron chi connectivity index (χ3n) is 2.42. The van der Waals surface area contributed by atoms with Crippen LogP contribution in [0.2, 0.25) is 0 Å². The number of aliphatic hydroxyl groups excluding tert-OH is 1. The van der Waals surface area contributed by atoms with E-state index in [1.165, 1.54) is 7.11 Å². The summed E-state index contributed by atoms with van der Waals surface area (Å²) in [4.78, 5) is 0. The van der Waals surface area contributed by atoms with Gasteiger partial charge < -0.3 is 19.3 Å². The van der Waals surface area contributed by atoms with E-state index in [0.717, 1.165) is 18.4 Å². The van der Waals surface area contributed by atoms with E-state index in [1.807, 2.05) is 6.08 Å². The van der Waals surface area contributed by atoms with Crippen LogP contribution in [0, 0.1) is 0 Å². The summed E-state index contributed by atoms with van der Waals surface area (Å²) in [6.07, 6.45) is 3.28. The van der Waals surface area contributed by atoms with Crippen molar-refractivity contribution in [2.45, 2.75) is 31.8 Å². The summed E-state index contributed by atoms with van der Waals surface area (Å²) in [5.41, 5.74) is 0.955. The highest BCUT2D eigenvalue weighted by Gasteiger charge is 2.42. The van der Waals surface area contributed by atoms with Crippen molar-refractivity contribution in [1.82, 2.24) is 0 Å². The van der Waals surface area contributed by atoms with E-state index >= 15 is 0 Å². The molecule has 0 aromatic rings. The molecule has 0 radical (unpaired) electrons. The SMILES string of the molecule is CCCC1=CC(OC)OC1(CO)OC. The topological polar surface area (TPSA) is 47.9 Å². The van der Waals surface area contributed by atoms with E-state index in [-0.39, 0.29) is 6.61 Å². The lowest BCUT2D eigenvalue weighted by Crippen LogP contribution is -2.39. The lowest BCUT2D eigenvalue weighted by Gasteiger charge is -2.28. The first-order valence-electron chi connectivity index (χ1n) is 4.80. The summed E-state index contributed by atoms with van der Waals surface area (Å²) in [5, 5.41) is 9.28. The summed E-state index contributed by atoms with van der Waals surface area (Å²) >= 11 is 0. The monoisotopic (exact) mass is 202 g/mol. The van der Waals surface area contributed by atoms with Crippen molar-refractivity contribution in [3.63, 3.8) is 0 Å². The van der Waals surface area contributed by atoms with Crippen molar-refractivity contribution < 1.29 is 19.3 Å². The lowest BCUT2D eigenvalue weighted by molar-refractivity contribution is -0.260. The molecule has 0 amide bonds. The van der Waals surface area contributed by atoms with Gasteiger partial charge in [0.2, 0.25) is 5.79 Å². The Morgan fingerprint density at radius 3 is 2.71 bits per heavy atom. The maximum Gasteiger partial charge on any atom is 0.217 e. The summed E-state index contributed by atoms with van der Waals surface area (Å²) < 4.78 is 15.8. The third kappa shape index (κ3) is 1.98. The minimum absolute atomic E-state index is 0.185. The largest absolute Gasteiger partial charge is 0.390 e. The summed E-state index contributed by atoms with van der Waals surface area (Å²) in [7, 11) is 3.09. The zero-order chi connectivity index (χ0) is 10.6. The number of hydrogen-bond donors (Lipinski definition) is 1. The minimum Gasteiger partial charge on any atom is -0.390 e. The predicted molar refractivity (Wildman–Crippen MR) is 51.7 cm³/mol. The van der Waals surface area contributed by atoms with Crippen molar-refractivity contribution >= 4 is 0 Å². The molecule has 4 nitrogen and oxygen atoms in total. The average molecular weight is 202 g/mol. The maximum atomic E-state index is 9.28. The van der Waals surface area contributed by atoms with Gasteiger partial charge in [-0.25, -0.2) is 0 Å². The molecule has 0 aromatic heterocycles. The second-order valence-corrected chi connectivity index (χ2v) is 3.28. The average Bonchev–Trinajstić information content (AvgIpc) is 2.58. The summed E-state index contributed by atoms with van der Waals surface area (Å²) in [5.74, 6) is -0.989. The van der Waals surface area contributed by atoms with Gasteiger partial charge in [0.1, 0.15) is 6.61 Å². The first-order chi connectivity index (χ1) is 6.72. The van der Waals surface area contributed by atoms with Crippen LogP contribution in [-0.2, 0) is 14.2 Å². The van der Waals surface area contributed by atoms with E-state index in [0.29, 0.717) is 0 Å². The number of hydrogen-bond acceptors (Lipinski definition) is 4. The Kier molecular flexibility index (Phi) is 4.07. The van der Waals surface area contributed by atoms with Crippen LogP contribution in [0.5, 0.6) is 0 Å². The van der Waals surface area contributed by atoms with Crippen molar-refractivity contribution in [3.8, 4) is 0 Å². The third-order valence-corrected chi connectivity index (χ3v) is 2.42. The molecular formula is C10H18O4. The Bertz CT molecular complexity index is 208. The molecule has 0 saturated carbocycles. The van der Waals surface area contributed by atoms with Crippen molar-refractivity contribution in [2.75, 3.05) is 20.8 Å². The van der Waals surface area contributed by atoms with Crippen molar-refractivity contribution in [1.29, 1.82) is 0 Å². The fourth-order valence-corrected chi connectivity index (χ4v) is 1.63. The quantitative estimate of drug-likeness (QED) is 0.677. The van der Waals surface area contributed by atoms with Gasteiger partial charge in [-0.1, -0.05) is 13.3 Å². The van der Waals surface area contributed by atoms with Gasteiger partial charge in [-0.15, -0.1) is 0 Å².